The molecule has 0 radical (unpaired) electrons. The lowest BCUT2D eigenvalue weighted by molar-refractivity contribution is -0.134. The Morgan fingerprint density at radius 3 is 2.56 bits per heavy atom. The molecule has 0 atom stereocenters. The van der Waals surface area contributed by atoms with Gasteiger partial charge in [0, 0.05) is 18.4 Å². The highest BCUT2D eigenvalue weighted by molar-refractivity contribution is 5.73. The molecule has 0 aromatic heterocycles. The Hall–Kier alpha value is -1.64. The fourth-order valence-corrected chi connectivity index (χ4v) is 1.68. The van der Waals surface area contributed by atoms with Crippen LogP contribution < -0.4 is 4.74 Å². The number of benzene rings is 1. The summed E-state index contributed by atoms with van der Waals surface area (Å²) in [7, 11) is 0. The van der Waals surface area contributed by atoms with E-state index in [1.54, 1.807) is 6.07 Å². The van der Waals surface area contributed by atoms with E-state index in [-0.39, 0.29) is 17.8 Å². The van der Waals surface area contributed by atoms with Gasteiger partial charge in [-0.1, -0.05) is 39.0 Å². The largest absolute Gasteiger partial charge is 0.426 e. The molecule has 0 saturated heterocycles. The first-order chi connectivity index (χ1) is 8.45. The van der Waals surface area contributed by atoms with Crippen LogP contribution in [-0.2, 0) is 15.0 Å². The molecule has 1 aromatic carbocycles. The van der Waals surface area contributed by atoms with E-state index in [0.29, 0.717) is 18.6 Å². The summed E-state index contributed by atoms with van der Waals surface area (Å²) >= 11 is 0. The summed E-state index contributed by atoms with van der Waals surface area (Å²) in [6, 6.07) is 7.56. The molecule has 0 spiro atoms. The summed E-state index contributed by atoms with van der Waals surface area (Å²) < 4.78 is 5.36. The van der Waals surface area contributed by atoms with E-state index >= 15 is 0 Å². The first kappa shape index (κ1) is 14.4. The molecule has 18 heavy (non-hydrogen) atoms. The van der Waals surface area contributed by atoms with Crippen LogP contribution in [0, 0.1) is 0 Å². The third-order valence-electron chi connectivity index (χ3n) is 2.62. The van der Waals surface area contributed by atoms with Gasteiger partial charge in [-0.3, -0.25) is 4.79 Å². The lowest BCUT2D eigenvalue weighted by Crippen LogP contribution is -2.16. The van der Waals surface area contributed by atoms with Crippen molar-refractivity contribution in [2.75, 3.05) is 0 Å². The SMILES string of the molecule is CC(C)(C)c1ccccc1OC(=O)CCCC=O. The third-order valence-corrected chi connectivity index (χ3v) is 2.62. The standard InChI is InChI=1S/C15H20O3/c1-15(2,3)12-8-4-5-9-13(12)18-14(17)10-6-7-11-16/h4-5,8-9,11H,6-7,10H2,1-3H3. The topological polar surface area (TPSA) is 43.4 Å². The number of hydrogen-bond donors (Lipinski definition) is 0. The van der Waals surface area contributed by atoms with E-state index in [1.165, 1.54) is 0 Å². The minimum absolute atomic E-state index is 0.0698. The molecule has 0 aliphatic heterocycles. The summed E-state index contributed by atoms with van der Waals surface area (Å²) in [5.74, 6) is 0.328. The highest BCUT2D eigenvalue weighted by Gasteiger charge is 2.19. The van der Waals surface area contributed by atoms with Crippen LogP contribution in [0.4, 0.5) is 0 Å². The van der Waals surface area contributed by atoms with Crippen LogP contribution in [-0.4, -0.2) is 12.3 Å². The fourth-order valence-electron chi connectivity index (χ4n) is 1.68. The molecule has 0 amide bonds. The maximum atomic E-state index is 11.6. The van der Waals surface area contributed by atoms with Gasteiger partial charge in [-0.25, -0.2) is 0 Å². The predicted molar refractivity (Wildman–Crippen MR) is 70.7 cm³/mol. The number of carbonyl (C=O) groups is 2. The lowest BCUT2D eigenvalue weighted by Gasteiger charge is -2.21. The van der Waals surface area contributed by atoms with Crippen molar-refractivity contribution in [3.05, 3.63) is 29.8 Å². The van der Waals surface area contributed by atoms with Gasteiger partial charge in [0.05, 0.1) is 0 Å². The number of esters is 1. The average molecular weight is 248 g/mol. The van der Waals surface area contributed by atoms with Crippen molar-refractivity contribution in [2.45, 2.75) is 45.4 Å². The Labute approximate surface area is 108 Å². The van der Waals surface area contributed by atoms with Crippen LogP contribution in [0.1, 0.15) is 45.6 Å². The monoisotopic (exact) mass is 248 g/mol. The Kier molecular flexibility index (Phi) is 5.08. The molecule has 0 bridgehead atoms. The first-order valence-corrected chi connectivity index (χ1v) is 6.19. The summed E-state index contributed by atoms with van der Waals surface area (Å²) in [4.78, 5) is 21.8. The van der Waals surface area contributed by atoms with Gasteiger partial charge in [0.1, 0.15) is 12.0 Å². The van der Waals surface area contributed by atoms with Gasteiger partial charge in [0.15, 0.2) is 0 Å². The van der Waals surface area contributed by atoms with Crippen LogP contribution in [0.15, 0.2) is 24.3 Å². The summed E-state index contributed by atoms with van der Waals surface area (Å²) in [5, 5.41) is 0. The van der Waals surface area contributed by atoms with Crippen LogP contribution in [0.2, 0.25) is 0 Å². The quantitative estimate of drug-likeness (QED) is 0.347. The van der Waals surface area contributed by atoms with E-state index < -0.39 is 0 Å². The third kappa shape index (κ3) is 4.32. The molecule has 0 saturated carbocycles. The molecule has 0 N–H and O–H groups in total. The molecule has 1 rings (SSSR count). The van der Waals surface area contributed by atoms with Crippen molar-refractivity contribution in [3.63, 3.8) is 0 Å². The van der Waals surface area contributed by atoms with Gasteiger partial charge < -0.3 is 9.53 Å². The molecule has 0 aliphatic carbocycles. The Balaban J connectivity index is 2.72. The lowest BCUT2D eigenvalue weighted by atomic mass is 9.86. The first-order valence-electron chi connectivity index (χ1n) is 6.19. The highest BCUT2D eigenvalue weighted by atomic mass is 16.5. The number of para-hydroxylation sites is 1. The van der Waals surface area contributed by atoms with Gasteiger partial charge in [-0.2, -0.15) is 0 Å². The highest BCUT2D eigenvalue weighted by Crippen LogP contribution is 2.31. The average Bonchev–Trinajstić information content (AvgIpc) is 2.28. The van der Waals surface area contributed by atoms with Crippen molar-refractivity contribution in [2.24, 2.45) is 0 Å². The number of aldehydes is 1. The van der Waals surface area contributed by atoms with Gasteiger partial charge in [0.25, 0.3) is 0 Å². The summed E-state index contributed by atoms with van der Waals surface area (Å²) in [6.45, 7) is 6.23. The number of rotatable bonds is 5. The number of ether oxygens (including phenoxy) is 1. The summed E-state index contributed by atoms with van der Waals surface area (Å²) in [6.07, 6.45) is 2.03. The van der Waals surface area contributed by atoms with Crippen LogP contribution in [0.5, 0.6) is 5.75 Å². The molecular weight excluding hydrogens is 228 g/mol. The molecule has 3 heteroatoms. The molecule has 3 nitrogen and oxygen atoms in total. The maximum absolute atomic E-state index is 11.6. The zero-order valence-corrected chi connectivity index (χ0v) is 11.2. The van der Waals surface area contributed by atoms with Gasteiger partial charge in [0.2, 0.25) is 0 Å². The number of unbranched alkanes of at least 4 members (excludes halogenated alkanes) is 1. The van der Waals surface area contributed by atoms with Crippen molar-refractivity contribution in [1.29, 1.82) is 0 Å². The molecule has 0 unspecified atom stereocenters. The van der Waals surface area contributed by atoms with Crippen LogP contribution in [0.25, 0.3) is 0 Å². The van der Waals surface area contributed by atoms with Crippen molar-refractivity contribution in [3.8, 4) is 5.75 Å². The van der Waals surface area contributed by atoms with Gasteiger partial charge in [-0.05, 0) is 17.9 Å². The number of carbonyl (C=O) groups excluding carboxylic acids is 2. The van der Waals surface area contributed by atoms with E-state index in [9.17, 15) is 9.59 Å². The van der Waals surface area contributed by atoms with E-state index in [2.05, 4.69) is 20.8 Å². The van der Waals surface area contributed by atoms with Gasteiger partial charge in [-0.15, -0.1) is 0 Å². The van der Waals surface area contributed by atoms with E-state index in [1.807, 2.05) is 18.2 Å². The molecule has 98 valence electrons. The Bertz CT molecular complexity index is 416. The van der Waals surface area contributed by atoms with Crippen molar-refractivity contribution < 1.29 is 14.3 Å². The van der Waals surface area contributed by atoms with Crippen LogP contribution in [0.3, 0.4) is 0 Å². The second-order valence-corrected chi connectivity index (χ2v) is 5.28. The maximum Gasteiger partial charge on any atom is 0.311 e. The van der Waals surface area contributed by atoms with Crippen molar-refractivity contribution >= 4 is 12.3 Å². The molecule has 0 fully saturated rings. The zero-order valence-electron chi connectivity index (χ0n) is 11.2. The van der Waals surface area contributed by atoms with E-state index in [4.69, 9.17) is 4.74 Å². The normalized spacial score (nSPS) is 11.1. The fraction of sp³-hybridized carbons (Fsp3) is 0.467. The Morgan fingerprint density at radius 2 is 1.94 bits per heavy atom. The van der Waals surface area contributed by atoms with E-state index in [0.717, 1.165) is 11.8 Å². The smallest absolute Gasteiger partial charge is 0.311 e. The second-order valence-electron chi connectivity index (χ2n) is 5.28. The van der Waals surface area contributed by atoms with Crippen LogP contribution >= 0.6 is 0 Å². The summed E-state index contributed by atoms with van der Waals surface area (Å²) in [5.41, 5.74) is 0.938. The second kappa shape index (κ2) is 6.34. The minimum atomic E-state index is -0.284. The molecule has 0 aliphatic rings. The zero-order chi connectivity index (χ0) is 13.6. The molecule has 1 aromatic rings. The predicted octanol–water partition coefficient (Wildman–Crippen LogP) is 3.26. The minimum Gasteiger partial charge on any atom is -0.426 e. The molecular formula is C15H20O3. The Morgan fingerprint density at radius 1 is 1.28 bits per heavy atom. The van der Waals surface area contributed by atoms with Crippen molar-refractivity contribution in [1.82, 2.24) is 0 Å². The molecule has 0 heterocycles. The van der Waals surface area contributed by atoms with Gasteiger partial charge >= 0.3 is 5.97 Å². The number of hydrogen-bond acceptors (Lipinski definition) is 3.